The molecule has 7 nitrogen and oxygen atoms in total. The number of H-pyrrole nitrogens is 2. The minimum atomic E-state index is -0.286. The molecule has 1 atom stereocenters. The second kappa shape index (κ2) is 7.40. The maximum Gasteiger partial charge on any atom is 0.259 e. The van der Waals surface area contributed by atoms with Crippen molar-refractivity contribution in [2.75, 3.05) is 6.54 Å². The van der Waals surface area contributed by atoms with Gasteiger partial charge in [-0.05, 0) is 42.9 Å². The van der Waals surface area contributed by atoms with E-state index in [4.69, 9.17) is 17.1 Å². The maximum absolute atomic E-state index is 12.5. The van der Waals surface area contributed by atoms with Crippen molar-refractivity contribution in [3.05, 3.63) is 74.3 Å². The molecule has 1 aromatic heterocycles. The number of aryl methyl sites for hydroxylation is 1. The fourth-order valence-corrected chi connectivity index (χ4v) is 3.28. The third-order valence-corrected chi connectivity index (χ3v) is 4.81. The van der Waals surface area contributed by atoms with Gasteiger partial charge in [0.1, 0.15) is 6.10 Å². The van der Waals surface area contributed by atoms with Gasteiger partial charge in [-0.3, -0.25) is 14.6 Å². The molecule has 0 bridgehead atoms. The summed E-state index contributed by atoms with van der Waals surface area (Å²) in [6.45, 7) is 2.37. The average molecular weight is 394 g/mol. The lowest BCUT2D eigenvalue weighted by Gasteiger charge is -2.10. The third-order valence-electron chi connectivity index (χ3n) is 4.61. The lowest BCUT2D eigenvalue weighted by atomic mass is 10.0. The number of amides is 1. The van der Waals surface area contributed by atoms with Gasteiger partial charge < -0.3 is 15.1 Å². The highest BCUT2D eigenvalue weighted by atomic mass is 32.1. The van der Waals surface area contributed by atoms with Gasteiger partial charge in [0.05, 0.1) is 23.2 Å². The van der Waals surface area contributed by atoms with E-state index in [2.05, 4.69) is 20.4 Å². The number of nitrogens with one attached hydrogen (secondary N) is 3. The van der Waals surface area contributed by atoms with E-state index < -0.39 is 0 Å². The van der Waals surface area contributed by atoms with E-state index in [0.717, 1.165) is 11.3 Å². The number of oxime groups is 1. The number of aromatic nitrogens is 2. The molecule has 3 N–H and O–H groups in total. The average Bonchev–Trinajstić information content (AvgIpc) is 3.15. The molecule has 2 heterocycles. The summed E-state index contributed by atoms with van der Waals surface area (Å²) in [7, 11) is 0. The largest absolute Gasteiger partial charge is 0.390 e. The molecule has 0 radical (unpaired) electrons. The van der Waals surface area contributed by atoms with E-state index in [1.54, 1.807) is 18.2 Å². The number of hydrogen-bond donors (Lipinski definition) is 3. The van der Waals surface area contributed by atoms with Crippen molar-refractivity contribution in [3.8, 4) is 0 Å². The van der Waals surface area contributed by atoms with Gasteiger partial charge in [-0.2, -0.15) is 0 Å². The Labute approximate surface area is 165 Å². The van der Waals surface area contributed by atoms with Crippen molar-refractivity contribution in [1.29, 1.82) is 0 Å². The first-order valence-corrected chi connectivity index (χ1v) is 9.25. The van der Waals surface area contributed by atoms with Crippen LogP contribution in [0.5, 0.6) is 0 Å². The Morgan fingerprint density at radius 2 is 2.04 bits per heavy atom. The lowest BCUT2D eigenvalue weighted by molar-refractivity contribution is 0.0754. The molecule has 1 aliphatic rings. The van der Waals surface area contributed by atoms with Crippen LogP contribution in [0.1, 0.15) is 27.9 Å². The molecule has 28 heavy (non-hydrogen) atoms. The second-order valence-electron chi connectivity index (χ2n) is 6.71. The van der Waals surface area contributed by atoms with Crippen molar-refractivity contribution >= 4 is 34.7 Å². The summed E-state index contributed by atoms with van der Waals surface area (Å²) in [5.74, 6) is -0.256. The van der Waals surface area contributed by atoms with E-state index in [0.29, 0.717) is 29.4 Å². The molecule has 3 aromatic rings. The summed E-state index contributed by atoms with van der Waals surface area (Å²) in [6, 6.07) is 12.9. The smallest absolute Gasteiger partial charge is 0.259 e. The first-order valence-electron chi connectivity index (χ1n) is 8.84. The predicted molar refractivity (Wildman–Crippen MR) is 109 cm³/mol. The molecule has 1 amide bonds. The number of aromatic amines is 2. The van der Waals surface area contributed by atoms with Crippen LogP contribution in [0.25, 0.3) is 10.9 Å². The maximum atomic E-state index is 12.5. The molecule has 0 fully saturated rings. The van der Waals surface area contributed by atoms with E-state index >= 15 is 0 Å². The van der Waals surface area contributed by atoms with Crippen molar-refractivity contribution in [2.24, 2.45) is 5.16 Å². The normalized spacial score (nSPS) is 15.9. The summed E-state index contributed by atoms with van der Waals surface area (Å²) in [6.07, 6.45) is 0.415. The van der Waals surface area contributed by atoms with Crippen molar-refractivity contribution in [2.45, 2.75) is 19.4 Å². The highest BCUT2D eigenvalue weighted by Gasteiger charge is 2.23. The van der Waals surface area contributed by atoms with Crippen LogP contribution < -0.4 is 10.9 Å². The lowest BCUT2D eigenvalue weighted by Crippen LogP contribution is -2.32. The molecule has 2 aromatic carbocycles. The van der Waals surface area contributed by atoms with Gasteiger partial charge in [0.2, 0.25) is 0 Å². The van der Waals surface area contributed by atoms with E-state index in [1.807, 2.05) is 31.2 Å². The topological polar surface area (TPSA) is 99.3 Å². The monoisotopic (exact) mass is 394 g/mol. The van der Waals surface area contributed by atoms with Gasteiger partial charge in [-0.15, -0.1) is 0 Å². The van der Waals surface area contributed by atoms with Gasteiger partial charge in [-0.25, -0.2) is 0 Å². The molecule has 0 aliphatic carbocycles. The summed E-state index contributed by atoms with van der Waals surface area (Å²) in [4.78, 5) is 35.2. The minimum absolute atomic E-state index is 0.214. The van der Waals surface area contributed by atoms with Gasteiger partial charge >= 0.3 is 0 Å². The van der Waals surface area contributed by atoms with Crippen LogP contribution in [0, 0.1) is 11.7 Å². The molecular formula is C20H18N4O3S. The Hall–Kier alpha value is -3.26. The molecule has 142 valence electrons. The Bertz CT molecular complexity index is 1190. The number of carbonyl (C=O) groups is 1. The van der Waals surface area contributed by atoms with Crippen LogP contribution in [0.15, 0.2) is 52.4 Å². The third kappa shape index (κ3) is 3.72. The predicted octanol–water partition coefficient (Wildman–Crippen LogP) is 2.82. The van der Waals surface area contributed by atoms with Crippen LogP contribution in [0.4, 0.5) is 0 Å². The fraction of sp³-hybridized carbons (Fsp3) is 0.200. The van der Waals surface area contributed by atoms with E-state index in [-0.39, 0.29) is 22.3 Å². The van der Waals surface area contributed by atoms with Gasteiger partial charge in [0.25, 0.3) is 11.5 Å². The van der Waals surface area contributed by atoms with Crippen molar-refractivity contribution in [3.63, 3.8) is 0 Å². The molecule has 1 unspecified atom stereocenters. The van der Waals surface area contributed by atoms with Crippen LogP contribution in [0.2, 0.25) is 0 Å². The first-order chi connectivity index (χ1) is 13.5. The number of rotatable bonds is 4. The van der Waals surface area contributed by atoms with E-state index in [1.165, 1.54) is 5.56 Å². The summed E-state index contributed by atoms with van der Waals surface area (Å²) in [5.41, 5.74) is 3.74. The molecule has 1 aliphatic heterocycles. The van der Waals surface area contributed by atoms with Crippen LogP contribution in [-0.2, 0) is 4.84 Å². The van der Waals surface area contributed by atoms with Crippen molar-refractivity contribution < 1.29 is 9.63 Å². The minimum Gasteiger partial charge on any atom is -0.390 e. The quantitative estimate of drug-likeness (QED) is 0.593. The zero-order valence-electron chi connectivity index (χ0n) is 15.1. The van der Waals surface area contributed by atoms with Crippen LogP contribution in [-0.4, -0.2) is 34.2 Å². The second-order valence-corrected chi connectivity index (χ2v) is 7.12. The molecule has 8 heteroatoms. The number of nitrogens with zero attached hydrogens (tertiary/aromatic N) is 1. The number of fused-ring (bicyclic) bond motifs is 1. The highest BCUT2D eigenvalue weighted by molar-refractivity contribution is 7.71. The Kier molecular flexibility index (Phi) is 4.79. The first kappa shape index (κ1) is 18.1. The standard InChI is InChI=1S/C20H18N4O3S/c1-11-2-4-12(5-3-11)16-9-14(27-24-16)10-21-18(25)13-6-7-15-17(8-13)22-20(28)23-19(15)26/h2-8,14H,9-10H2,1H3,(H,21,25)(H2,22,23,26,28). The fourth-order valence-electron chi connectivity index (χ4n) is 3.07. The zero-order chi connectivity index (χ0) is 19.7. The highest BCUT2D eigenvalue weighted by Crippen LogP contribution is 2.17. The Morgan fingerprint density at radius 3 is 2.82 bits per heavy atom. The van der Waals surface area contributed by atoms with Gasteiger partial charge in [0, 0.05) is 12.0 Å². The molecule has 4 rings (SSSR count). The van der Waals surface area contributed by atoms with Crippen molar-refractivity contribution in [1.82, 2.24) is 15.3 Å². The molecule has 0 saturated carbocycles. The van der Waals surface area contributed by atoms with E-state index in [9.17, 15) is 9.59 Å². The summed E-state index contributed by atoms with van der Waals surface area (Å²) >= 11 is 4.98. The van der Waals surface area contributed by atoms with Crippen LogP contribution in [0.3, 0.4) is 0 Å². The molecule has 0 saturated heterocycles. The Morgan fingerprint density at radius 1 is 1.25 bits per heavy atom. The van der Waals surface area contributed by atoms with Gasteiger partial charge in [0.15, 0.2) is 4.77 Å². The number of carbonyl (C=O) groups excluding carboxylic acids is 1. The SMILES string of the molecule is Cc1ccc(C2=NOC(CNC(=O)c3ccc4c(=O)[nH]c(=S)[nH]c4c3)C2)cc1. The zero-order valence-corrected chi connectivity index (χ0v) is 15.9. The Balaban J connectivity index is 1.40. The summed E-state index contributed by atoms with van der Waals surface area (Å²) < 4.78 is 0.218. The number of benzene rings is 2. The molecule has 0 spiro atoms. The van der Waals surface area contributed by atoms with Crippen LogP contribution >= 0.6 is 12.2 Å². The van der Waals surface area contributed by atoms with Gasteiger partial charge in [-0.1, -0.05) is 35.0 Å². The number of hydrogen-bond acceptors (Lipinski definition) is 5. The summed E-state index contributed by atoms with van der Waals surface area (Å²) in [5, 5.41) is 7.44. The molecular weight excluding hydrogens is 376 g/mol.